The normalized spacial score (nSPS) is 12.5. The SMILES string of the molecule is CC(C(=O)NC(C)(C)C)N(Cc1c(Cl)cccc1Cl)C(=O)CN(c1ccc(Cl)c(Cl)c1)S(=O)(=O)c1ccccc1. The van der Waals surface area contributed by atoms with Gasteiger partial charge < -0.3 is 10.2 Å². The van der Waals surface area contributed by atoms with Crippen molar-refractivity contribution in [2.24, 2.45) is 0 Å². The van der Waals surface area contributed by atoms with Gasteiger partial charge in [-0.2, -0.15) is 0 Å². The Kier molecular flexibility index (Phi) is 10.4. The Morgan fingerprint density at radius 2 is 1.45 bits per heavy atom. The summed E-state index contributed by atoms with van der Waals surface area (Å²) < 4.78 is 28.5. The maximum Gasteiger partial charge on any atom is 0.264 e. The van der Waals surface area contributed by atoms with Gasteiger partial charge in [0.15, 0.2) is 0 Å². The van der Waals surface area contributed by atoms with Crippen molar-refractivity contribution in [1.82, 2.24) is 10.2 Å². The molecule has 0 aliphatic heterocycles. The average molecular weight is 645 g/mol. The number of hydrogen-bond donors (Lipinski definition) is 1. The summed E-state index contributed by atoms with van der Waals surface area (Å²) in [7, 11) is -4.24. The van der Waals surface area contributed by atoms with Crippen LogP contribution in [0.3, 0.4) is 0 Å². The van der Waals surface area contributed by atoms with Gasteiger partial charge in [-0.1, -0.05) is 70.7 Å². The molecule has 0 aliphatic rings. The molecule has 1 atom stereocenters. The molecule has 3 rings (SSSR count). The van der Waals surface area contributed by atoms with Crippen molar-refractivity contribution < 1.29 is 18.0 Å². The summed E-state index contributed by atoms with van der Waals surface area (Å²) in [4.78, 5) is 28.4. The van der Waals surface area contributed by atoms with E-state index in [1.54, 1.807) is 43.3 Å². The van der Waals surface area contributed by atoms with E-state index in [2.05, 4.69) is 5.32 Å². The molecule has 214 valence electrons. The third kappa shape index (κ3) is 7.83. The van der Waals surface area contributed by atoms with E-state index < -0.39 is 40.0 Å². The largest absolute Gasteiger partial charge is 0.350 e. The number of anilines is 1. The summed E-state index contributed by atoms with van der Waals surface area (Å²) in [5.41, 5.74) is -0.0408. The highest BCUT2D eigenvalue weighted by atomic mass is 35.5. The highest BCUT2D eigenvalue weighted by Crippen LogP contribution is 2.31. The van der Waals surface area contributed by atoms with Crippen LogP contribution in [0.15, 0.2) is 71.6 Å². The minimum atomic E-state index is -4.24. The topological polar surface area (TPSA) is 86.8 Å². The quantitative estimate of drug-likeness (QED) is 0.277. The van der Waals surface area contributed by atoms with E-state index in [1.807, 2.05) is 20.8 Å². The van der Waals surface area contributed by atoms with E-state index >= 15 is 0 Å². The zero-order valence-corrected chi connectivity index (χ0v) is 26.1. The van der Waals surface area contributed by atoms with Crippen LogP contribution in [0, 0.1) is 0 Å². The lowest BCUT2D eigenvalue weighted by Crippen LogP contribution is -2.54. The van der Waals surface area contributed by atoms with Crippen LogP contribution in [-0.4, -0.2) is 43.3 Å². The molecule has 0 radical (unpaired) electrons. The van der Waals surface area contributed by atoms with Crippen molar-refractivity contribution in [2.75, 3.05) is 10.8 Å². The van der Waals surface area contributed by atoms with Gasteiger partial charge in [0.2, 0.25) is 11.8 Å². The number of benzene rings is 3. The van der Waals surface area contributed by atoms with Crippen LogP contribution in [0.25, 0.3) is 0 Å². The van der Waals surface area contributed by atoms with Crippen molar-refractivity contribution >= 4 is 73.9 Å². The second-order valence-corrected chi connectivity index (χ2v) is 13.6. The van der Waals surface area contributed by atoms with Crippen LogP contribution in [0.5, 0.6) is 0 Å². The van der Waals surface area contributed by atoms with Gasteiger partial charge in [0.1, 0.15) is 12.6 Å². The van der Waals surface area contributed by atoms with E-state index in [0.717, 1.165) is 4.31 Å². The monoisotopic (exact) mass is 643 g/mol. The number of nitrogens with zero attached hydrogens (tertiary/aromatic N) is 2. The summed E-state index contributed by atoms with van der Waals surface area (Å²) in [5.74, 6) is -1.10. The van der Waals surface area contributed by atoms with Gasteiger partial charge >= 0.3 is 0 Å². The lowest BCUT2D eigenvalue weighted by Gasteiger charge is -2.34. The third-order valence-corrected chi connectivity index (χ3v) is 9.09. The fraction of sp³-hybridized carbons (Fsp3) is 0.286. The number of carbonyl (C=O) groups is 2. The molecule has 2 amide bonds. The van der Waals surface area contributed by atoms with E-state index in [9.17, 15) is 18.0 Å². The number of sulfonamides is 1. The summed E-state index contributed by atoms with van der Waals surface area (Å²) in [5, 5.41) is 3.79. The maximum absolute atomic E-state index is 14.0. The van der Waals surface area contributed by atoms with Crippen molar-refractivity contribution in [3.8, 4) is 0 Å². The molecule has 3 aromatic carbocycles. The molecule has 0 saturated heterocycles. The molecule has 12 heteroatoms. The second-order valence-electron chi connectivity index (χ2n) is 10.1. The van der Waals surface area contributed by atoms with E-state index in [4.69, 9.17) is 46.4 Å². The molecular formula is C28H29Cl4N3O4S. The molecule has 1 N–H and O–H groups in total. The lowest BCUT2D eigenvalue weighted by atomic mass is 10.1. The van der Waals surface area contributed by atoms with Crippen molar-refractivity contribution in [3.63, 3.8) is 0 Å². The molecule has 7 nitrogen and oxygen atoms in total. The van der Waals surface area contributed by atoms with Gasteiger partial charge in [0.05, 0.1) is 20.6 Å². The molecule has 0 aromatic heterocycles. The fourth-order valence-electron chi connectivity index (χ4n) is 3.80. The van der Waals surface area contributed by atoms with Crippen LogP contribution >= 0.6 is 46.4 Å². The van der Waals surface area contributed by atoms with Crippen LogP contribution in [0.4, 0.5) is 5.69 Å². The third-order valence-electron chi connectivity index (χ3n) is 5.86. The maximum atomic E-state index is 14.0. The van der Waals surface area contributed by atoms with Gasteiger partial charge in [-0.3, -0.25) is 13.9 Å². The summed E-state index contributed by atoms with van der Waals surface area (Å²) in [6.07, 6.45) is 0. The van der Waals surface area contributed by atoms with Gasteiger partial charge in [0, 0.05) is 27.7 Å². The Labute approximate surface area is 255 Å². The van der Waals surface area contributed by atoms with Crippen LogP contribution in [0.1, 0.15) is 33.3 Å². The number of halogens is 4. The first-order valence-electron chi connectivity index (χ1n) is 12.2. The number of rotatable bonds is 9. The zero-order valence-electron chi connectivity index (χ0n) is 22.3. The summed E-state index contributed by atoms with van der Waals surface area (Å²) in [6, 6.07) is 15.8. The molecule has 0 fully saturated rings. The predicted molar refractivity (Wildman–Crippen MR) is 162 cm³/mol. The number of hydrogen-bond acceptors (Lipinski definition) is 4. The Morgan fingerprint density at radius 1 is 0.850 bits per heavy atom. The molecule has 0 bridgehead atoms. The van der Waals surface area contributed by atoms with Crippen molar-refractivity contribution in [3.05, 3.63) is 92.4 Å². The predicted octanol–water partition coefficient (Wildman–Crippen LogP) is 6.83. The number of carbonyl (C=O) groups excluding carboxylic acids is 2. The molecule has 0 spiro atoms. The first-order valence-corrected chi connectivity index (χ1v) is 15.1. The zero-order chi connectivity index (χ0) is 29.8. The van der Waals surface area contributed by atoms with Crippen molar-refractivity contribution in [2.45, 2.75) is 50.7 Å². The highest BCUT2D eigenvalue weighted by molar-refractivity contribution is 7.92. The molecule has 1 unspecified atom stereocenters. The second kappa shape index (κ2) is 13.0. The number of amides is 2. The Bertz CT molecular complexity index is 1470. The number of nitrogens with one attached hydrogen (secondary N) is 1. The fourth-order valence-corrected chi connectivity index (χ4v) is 6.04. The van der Waals surface area contributed by atoms with Gasteiger partial charge in [-0.15, -0.1) is 0 Å². The van der Waals surface area contributed by atoms with E-state index in [1.165, 1.54) is 35.2 Å². The van der Waals surface area contributed by atoms with Gasteiger partial charge in [0.25, 0.3) is 10.0 Å². The Hall–Kier alpha value is -2.49. The lowest BCUT2D eigenvalue weighted by molar-refractivity contribution is -0.140. The Balaban J connectivity index is 2.09. The molecule has 3 aromatic rings. The standard InChI is InChI=1S/C28H29Cl4N3O4S/c1-18(27(37)33-28(2,3)4)34(16-21-22(29)11-8-12-23(21)30)26(36)17-35(19-13-14-24(31)25(32)15-19)40(38,39)20-9-6-5-7-10-20/h5-15,18H,16-17H2,1-4H3,(H,33,37). The average Bonchev–Trinajstić information content (AvgIpc) is 2.88. The first-order chi connectivity index (χ1) is 18.6. The first kappa shape index (κ1) is 32.0. The van der Waals surface area contributed by atoms with E-state index in [-0.39, 0.29) is 27.2 Å². The van der Waals surface area contributed by atoms with E-state index in [0.29, 0.717) is 15.6 Å². The minimum Gasteiger partial charge on any atom is -0.350 e. The van der Waals surface area contributed by atoms with Gasteiger partial charge in [-0.25, -0.2) is 8.42 Å². The molecule has 0 heterocycles. The molecule has 0 aliphatic carbocycles. The van der Waals surface area contributed by atoms with Crippen molar-refractivity contribution in [1.29, 1.82) is 0 Å². The highest BCUT2D eigenvalue weighted by Gasteiger charge is 2.34. The molecular weight excluding hydrogens is 616 g/mol. The van der Waals surface area contributed by atoms with Crippen LogP contribution < -0.4 is 9.62 Å². The van der Waals surface area contributed by atoms with Crippen LogP contribution in [0.2, 0.25) is 20.1 Å². The summed E-state index contributed by atoms with van der Waals surface area (Å²) >= 11 is 25.1. The minimum absolute atomic E-state index is 0.0342. The Morgan fingerprint density at radius 3 is 2.00 bits per heavy atom. The smallest absolute Gasteiger partial charge is 0.264 e. The van der Waals surface area contributed by atoms with Gasteiger partial charge in [-0.05, 0) is 70.2 Å². The van der Waals surface area contributed by atoms with Crippen LogP contribution in [-0.2, 0) is 26.2 Å². The molecule has 0 saturated carbocycles. The summed E-state index contributed by atoms with van der Waals surface area (Å²) in [6.45, 7) is 6.20. The molecule has 40 heavy (non-hydrogen) atoms.